The fourth-order valence-corrected chi connectivity index (χ4v) is 4.15. The zero-order chi connectivity index (χ0) is 11.9. The molecule has 0 radical (unpaired) electrons. The first kappa shape index (κ1) is 10.8. The summed E-state index contributed by atoms with van der Waals surface area (Å²) in [5, 5.41) is 3.58. The van der Waals surface area contributed by atoms with Crippen LogP contribution in [-0.4, -0.2) is 37.1 Å². The Morgan fingerprint density at radius 3 is 3.11 bits per heavy atom. The van der Waals surface area contributed by atoms with E-state index in [1.54, 1.807) is 0 Å². The Bertz CT molecular complexity index is 562. The molecule has 3 heteroatoms. The smallest absolute Gasteiger partial charge is 0.0374 e. The van der Waals surface area contributed by atoms with Crippen molar-refractivity contribution in [1.82, 2.24) is 4.90 Å². The second-order valence-corrected chi connectivity index (χ2v) is 6.37. The number of hydrogen-bond donors (Lipinski definition) is 0. The van der Waals surface area contributed by atoms with Crippen LogP contribution in [0.4, 0.5) is 5.69 Å². The topological polar surface area (TPSA) is 6.48 Å². The molecular formula is C15H18N2S. The molecule has 0 amide bonds. The summed E-state index contributed by atoms with van der Waals surface area (Å²) in [5.74, 6) is 0. The standard InChI is InChI=1S/C15H18N2S/c1-2-14-11-17(8-7-16(14)6-1)13-3-4-15-12(10-13)5-9-18-15/h3-5,9-10,14H,1-2,6-8,11H2. The van der Waals surface area contributed by atoms with E-state index in [-0.39, 0.29) is 0 Å². The summed E-state index contributed by atoms with van der Waals surface area (Å²) >= 11 is 1.83. The minimum atomic E-state index is 0.803. The van der Waals surface area contributed by atoms with Crippen LogP contribution in [0.2, 0.25) is 0 Å². The lowest BCUT2D eigenvalue weighted by molar-refractivity contribution is 0.231. The highest BCUT2D eigenvalue weighted by molar-refractivity contribution is 7.17. The van der Waals surface area contributed by atoms with E-state index in [1.165, 1.54) is 54.8 Å². The molecular weight excluding hydrogens is 240 g/mol. The van der Waals surface area contributed by atoms with Gasteiger partial charge in [-0.05, 0) is 54.4 Å². The summed E-state index contributed by atoms with van der Waals surface area (Å²) in [6, 6.07) is 9.96. The van der Waals surface area contributed by atoms with Gasteiger partial charge in [0.05, 0.1) is 0 Å². The number of thiophene rings is 1. The first-order valence-corrected chi connectivity index (χ1v) is 7.74. The minimum absolute atomic E-state index is 0.803. The molecule has 94 valence electrons. The fourth-order valence-electron chi connectivity index (χ4n) is 3.38. The Morgan fingerprint density at radius 2 is 2.11 bits per heavy atom. The summed E-state index contributed by atoms with van der Waals surface area (Å²) in [5.41, 5.74) is 1.41. The number of fused-ring (bicyclic) bond motifs is 2. The van der Waals surface area contributed by atoms with Gasteiger partial charge in [0.15, 0.2) is 0 Å². The average molecular weight is 258 g/mol. The summed E-state index contributed by atoms with van der Waals surface area (Å²) in [7, 11) is 0. The van der Waals surface area contributed by atoms with Gasteiger partial charge in [0.2, 0.25) is 0 Å². The zero-order valence-corrected chi connectivity index (χ0v) is 11.3. The van der Waals surface area contributed by atoms with Crippen molar-refractivity contribution in [3.8, 4) is 0 Å². The van der Waals surface area contributed by atoms with E-state index in [2.05, 4.69) is 39.4 Å². The highest BCUT2D eigenvalue weighted by Crippen LogP contribution is 2.29. The van der Waals surface area contributed by atoms with E-state index in [4.69, 9.17) is 0 Å². The molecule has 3 heterocycles. The van der Waals surface area contributed by atoms with E-state index in [0.29, 0.717) is 0 Å². The van der Waals surface area contributed by atoms with Crippen molar-refractivity contribution in [3.05, 3.63) is 29.6 Å². The summed E-state index contributed by atoms with van der Waals surface area (Å²) < 4.78 is 1.40. The van der Waals surface area contributed by atoms with Gasteiger partial charge in [-0.2, -0.15) is 0 Å². The van der Waals surface area contributed by atoms with Gasteiger partial charge >= 0.3 is 0 Å². The molecule has 0 aliphatic carbocycles. The number of rotatable bonds is 1. The van der Waals surface area contributed by atoms with Crippen molar-refractivity contribution in [2.45, 2.75) is 18.9 Å². The Hall–Kier alpha value is -1.06. The molecule has 0 bridgehead atoms. The van der Waals surface area contributed by atoms with Crippen LogP contribution >= 0.6 is 11.3 Å². The Kier molecular flexibility index (Phi) is 2.55. The third kappa shape index (κ3) is 1.73. The molecule has 4 rings (SSSR count). The van der Waals surface area contributed by atoms with Crippen molar-refractivity contribution in [2.75, 3.05) is 31.1 Å². The third-order valence-electron chi connectivity index (χ3n) is 4.39. The lowest BCUT2D eigenvalue weighted by Gasteiger charge is -2.38. The summed E-state index contributed by atoms with van der Waals surface area (Å²) in [6.07, 6.45) is 2.78. The molecule has 1 atom stereocenters. The van der Waals surface area contributed by atoms with Gasteiger partial charge in [-0.1, -0.05) is 0 Å². The Labute approximate surface area is 112 Å². The molecule has 2 fully saturated rings. The van der Waals surface area contributed by atoms with Crippen molar-refractivity contribution < 1.29 is 0 Å². The SMILES string of the molecule is c1cc2cc(N3CCN4CCCC4C3)ccc2s1. The number of anilines is 1. The quantitative estimate of drug-likeness (QED) is 0.775. The van der Waals surface area contributed by atoms with E-state index in [1.807, 2.05) is 11.3 Å². The van der Waals surface area contributed by atoms with Crippen molar-refractivity contribution in [2.24, 2.45) is 0 Å². The lowest BCUT2D eigenvalue weighted by atomic mass is 10.1. The van der Waals surface area contributed by atoms with Gasteiger partial charge in [-0.25, -0.2) is 0 Å². The maximum absolute atomic E-state index is 2.67. The highest BCUT2D eigenvalue weighted by Gasteiger charge is 2.30. The summed E-state index contributed by atoms with van der Waals surface area (Å²) in [4.78, 5) is 5.24. The second kappa shape index (κ2) is 4.25. The molecule has 18 heavy (non-hydrogen) atoms. The van der Waals surface area contributed by atoms with Crippen LogP contribution in [-0.2, 0) is 0 Å². The summed E-state index contributed by atoms with van der Waals surface area (Å²) in [6.45, 7) is 4.97. The molecule has 2 aliphatic heterocycles. The number of benzene rings is 1. The normalized spacial score (nSPS) is 24.7. The fraction of sp³-hybridized carbons (Fsp3) is 0.467. The van der Waals surface area contributed by atoms with Gasteiger partial charge < -0.3 is 4.90 Å². The predicted octanol–water partition coefficient (Wildman–Crippen LogP) is 3.19. The van der Waals surface area contributed by atoms with Crippen LogP contribution in [0.1, 0.15) is 12.8 Å². The van der Waals surface area contributed by atoms with Gasteiger partial charge in [0, 0.05) is 36.1 Å². The molecule has 0 N–H and O–H groups in total. The monoisotopic (exact) mass is 258 g/mol. The van der Waals surface area contributed by atoms with Gasteiger partial charge in [-0.3, -0.25) is 4.90 Å². The molecule has 2 aromatic rings. The van der Waals surface area contributed by atoms with Crippen LogP contribution in [0.3, 0.4) is 0 Å². The number of hydrogen-bond acceptors (Lipinski definition) is 3. The molecule has 2 nitrogen and oxygen atoms in total. The van der Waals surface area contributed by atoms with Crippen LogP contribution in [0.5, 0.6) is 0 Å². The minimum Gasteiger partial charge on any atom is -0.369 e. The lowest BCUT2D eigenvalue weighted by Crippen LogP contribution is -2.50. The largest absolute Gasteiger partial charge is 0.369 e. The first-order chi connectivity index (χ1) is 8.90. The Morgan fingerprint density at radius 1 is 1.11 bits per heavy atom. The van der Waals surface area contributed by atoms with Crippen LogP contribution in [0, 0.1) is 0 Å². The molecule has 1 unspecified atom stereocenters. The molecule has 2 saturated heterocycles. The van der Waals surface area contributed by atoms with Crippen molar-refractivity contribution in [1.29, 1.82) is 0 Å². The van der Waals surface area contributed by atoms with E-state index in [9.17, 15) is 0 Å². The van der Waals surface area contributed by atoms with Crippen LogP contribution in [0.25, 0.3) is 10.1 Å². The molecule has 0 saturated carbocycles. The third-order valence-corrected chi connectivity index (χ3v) is 5.29. The van der Waals surface area contributed by atoms with Crippen molar-refractivity contribution >= 4 is 27.1 Å². The Balaban J connectivity index is 1.62. The zero-order valence-electron chi connectivity index (χ0n) is 10.5. The molecule has 2 aliphatic rings. The predicted molar refractivity (Wildman–Crippen MR) is 78.6 cm³/mol. The van der Waals surface area contributed by atoms with Gasteiger partial charge in [-0.15, -0.1) is 11.3 Å². The van der Waals surface area contributed by atoms with E-state index < -0.39 is 0 Å². The average Bonchev–Trinajstić information content (AvgIpc) is 3.05. The molecule has 1 aromatic carbocycles. The molecule has 1 aromatic heterocycles. The second-order valence-electron chi connectivity index (χ2n) is 5.42. The first-order valence-electron chi connectivity index (χ1n) is 6.86. The highest BCUT2D eigenvalue weighted by atomic mass is 32.1. The van der Waals surface area contributed by atoms with Crippen LogP contribution in [0.15, 0.2) is 29.6 Å². The number of nitrogens with zero attached hydrogens (tertiary/aromatic N) is 2. The van der Waals surface area contributed by atoms with Gasteiger partial charge in [0.25, 0.3) is 0 Å². The van der Waals surface area contributed by atoms with E-state index >= 15 is 0 Å². The van der Waals surface area contributed by atoms with Crippen LogP contribution < -0.4 is 4.90 Å². The number of piperazine rings is 1. The van der Waals surface area contributed by atoms with E-state index in [0.717, 1.165) is 6.04 Å². The van der Waals surface area contributed by atoms with Gasteiger partial charge in [0.1, 0.15) is 0 Å². The maximum Gasteiger partial charge on any atom is 0.0374 e. The maximum atomic E-state index is 2.67. The molecule has 0 spiro atoms. The van der Waals surface area contributed by atoms with Crippen molar-refractivity contribution in [3.63, 3.8) is 0 Å².